The first-order chi connectivity index (χ1) is 11.9. The molecular formula is C16H22N4O3S2. The number of aromatic nitrogens is 3. The van der Waals surface area contributed by atoms with Gasteiger partial charge in [0.25, 0.3) is 0 Å². The third kappa shape index (κ3) is 4.82. The van der Waals surface area contributed by atoms with E-state index < -0.39 is 9.84 Å². The topological polar surface area (TPSA) is 85.2 Å². The fourth-order valence-corrected chi connectivity index (χ4v) is 4.43. The molecule has 0 fully saturated rings. The molecule has 0 aliphatic heterocycles. The van der Waals surface area contributed by atoms with Crippen LogP contribution < -0.4 is 0 Å². The van der Waals surface area contributed by atoms with Crippen molar-refractivity contribution in [3.63, 3.8) is 0 Å². The molecule has 2 aromatic rings. The quantitative estimate of drug-likeness (QED) is 0.647. The van der Waals surface area contributed by atoms with Crippen LogP contribution in [-0.4, -0.2) is 52.8 Å². The van der Waals surface area contributed by atoms with E-state index in [9.17, 15) is 13.2 Å². The highest BCUT2D eigenvalue weighted by Crippen LogP contribution is 2.20. The van der Waals surface area contributed by atoms with Crippen LogP contribution in [0.25, 0.3) is 0 Å². The molecule has 7 nitrogen and oxygen atoms in total. The lowest BCUT2D eigenvalue weighted by molar-refractivity contribution is -0.127. The highest BCUT2D eigenvalue weighted by Gasteiger charge is 2.20. The molecule has 136 valence electrons. The van der Waals surface area contributed by atoms with Gasteiger partial charge in [-0.25, -0.2) is 8.42 Å². The predicted molar refractivity (Wildman–Crippen MR) is 97.0 cm³/mol. The van der Waals surface area contributed by atoms with E-state index in [4.69, 9.17) is 0 Å². The largest absolute Gasteiger partial charge is 0.343 e. The molecule has 0 saturated heterocycles. The summed E-state index contributed by atoms with van der Waals surface area (Å²) in [4.78, 5) is 14.1. The van der Waals surface area contributed by atoms with Gasteiger partial charge in [0.15, 0.2) is 15.0 Å². The molecule has 0 spiro atoms. The zero-order chi connectivity index (χ0) is 18.4. The summed E-state index contributed by atoms with van der Waals surface area (Å²) in [6.07, 6.45) is 0. The van der Waals surface area contributed by atoms with Gasteiger partial charge >= 0.3 is 0 Å². The number of sulfone groups is 1. The minimum absolute atomic E-state index is 0.0245. The minimum atomic E-state index is -3.48. The molecule has 0 N–H and O–H groups in total. The first-order valence-corrected chi connectivity index (χ1v) is 10.6. The van der Waals surface area contributed by atoms with Gasteiger partial charge in [-0.3, -0.25) is 4.79 Å². The molecule has 0 aliphatic carbocycles. The van der Waals surface area contributed by atoms with Crippen molar-refractivity contribution in [2.24, 2.45) is 7.05 Å². The first kappa shape index (κ1) is 19.5. The second-order valence-electron chi connectivity index (χ2n) is 5.38. The molecule has 25 heavy (non-hydrogen) atoms. The van der Waals surface area contributed by atoms with Gasteiger partial charge < -0.3 is 9.47 Å². The molecule has 9 heteroatoms. The number of carbonyl (C=O) groups is 1. The van der Waals surface area contributed by atoms with Crippen LogP contribution in [0, 0.1) is 0 Å². The fourth-order valence-electron chi connectivity index (χ4n) is 2.27. The van der Waals surface area contributed by atoms with Crippen molar-refractivity contribution >= 4 is 27.5 Å². The molecule has 0 aliphatic rings. The molecule has 2 rings (SSSR count). The van der Waals surface area contributed by atoms with Crippen LogP contribution in [0.4, 0.5) is 0 Å². The van der Waals surface area contributed by atoms with E-state index in [0.717, 1.165) is 0 Å². The van der Waals surface area contributed by atoms with E-state index in [1.165, 1.54) is 11.8 Å². The highest BCUT2D eigenvalue weighted by atomic mass is 32.2. The minimum Gasteiger partial charge on any atom is -0.343 e. The van der Waals surface area contributed by atoms with Crippen molar-refractivity contribution in [1.82, 2.24) is 19.7 Å². The average Bonchev–Trinajstić information content (AvgIpc) is 2.94. The summed E-state index contributed by atoms with van der Waals surface area (Å²) >= 11 is 1.26. The van der Waals surface area contributed by atoms with Crippen LogP contribution >= 0.6 is 11.8 Å². The summed E-state index contributed by atoms with van der Waals surface area (Å²) in [5.41, 5.74) is 0. The summed E-state index contributed by atoms with van der Waals surface area (Å²) in [6.45, 7) is 5.19. The summed E-state index contributed by atoms with van der Waals surface area (Å²) in [6, 6.07) is 8.25. The number of carbonyl (C=O) groups excluding carboxylic acids is 1. The monoisotopic (exact) mass is 382 g/mol. The molecule has 0 atom stereocenters. The van der Waals surface area contributed by atoms with Crippen molar-refractivity contribution in [3.05, 3.63) is 36.2 Å². The highest BCUT2D eigenvalue weighted by molar-refractivity contribution is 7.99. The normalized spacial score (nSPS) is 11.5. The number of hydrogen-bond donors (Lipinski definition) is 0. The van der Waals surface area contributed by atoms with Gasteiger partial charge in [-0.15, -0.1) is 10.2 Å². The summed E-state index contributed by atoms with van der Waals surface area (Å²) in [5.74, 6) is 0.391. The van der Waals surface area contributed by atoms with Gasteiger partial charge in [-0.05, 0) is 26.0 Å². The number of nitrogens with zero attached hydrogens (tertiary/aromatic N) is 4. The van der Waals surface area contributed by atoms with Crippen LogP contribution in [0.3, 0.4) is 0 Å². The van der Waals surface area contributed by atoms with Gasteiger partial charge in [0.1, 0.15) is 11.6 Å². The lowest BCUT2D eigenvalue weighted by atomic mass is 10.4. The molecule has 0 saturated carbocycles. The van der Waals surface area contributed by atoms with Crippen LogP contribution in [0.15, 0.2) is 40.4 Å². The maximum atomic E-state index is 12.4. The van der Waals surface area contributed by atoms with E-state index in [2.05, 4.69) is 10.2 Å². The third-order valence-electron chi connectivity index (χ3n) is 3.79. The Labute approximate surface area is 152 Å². The lowest BCUT2D eigenvalue weighted by Crippen LogP contribution is -2.31. The van der Waals surface area contributed by atoms with Gasteiger partial charge in [-0.2, -0.15) is 0 Å². The number of hydrogen-bond acceptors (Lipinski definition) is 6. The Hall–Kier alpha value is -1.87. The number of rotatable bonds is 8. The van der Waals surface area contributed by atoms with E-state index in [1.807, 2.05) is 13.8 Å². The standard InChI is InChI=1S/C16H22N4O3S2/c1-4-20(5-2)15(21)11-24-16-18-17-14(19(16)3)12-25(22,23)13-9-7-6-8-10-13/h6-10H,4-5,11-12H2,1-3H3. The molecular weight excluding hydrogens is 360 g/mol. The lowest BCUT2D eigenvalue weighted by Gasteiger charge is -2.17. The Morgan fingerprint density at radius 3 is 2.40 bits per heavy atom. The van der Waals surface area contributed by atoms with Crippen molar-refractivity contribution in [2.75, 3.05) is 18.8 Å². The fraction of sp³-hybridized carbons (Fsp3) is 0.438. The number of thioether (sulfide) groups is 1. The van der Waals surface area contributed by atoms with Gasteiger partial charge in [0.2, 0.25) is 5.91 Å². The summed E-state index contributed by atoms with van der Waals surface area (Å²) in [7, 11) is -1.77. The maximum Gasteiger partial charge on any atom is 0.233 e. The van der Waals surface area contributed by atoms with Gasteiger partial charge in [-0.1, -0.05) is 30.0 Å². The van der Waals surface area contributed by atoms with Crippen molar-refractivity contribution in [3.8, 4) is 0 Å². The second kappa shape index (κ2) is 8.48. The SMILES string of the molecule is CCN(CC)C(=O)CSc1nnc(CS(=O)(=O)c2ccccc2)n1C. The van der Waals surface area contributed by atoms with Crippen LogP contribution in [0.1, 0.15) is 19.7 Å². The van der Waals surface area contributed by atoms with Crippen LogP contribution in [-0.2, 0) is 27.4 Å². The van der Waals surface area contributed by atoms with Gasteiger partial charge in [0.05, 0.1) is 10.6 Å². The van der Waals surface area contributed by atoms with E-state index in [-0.39, 0.29) is 22.3 Å². The second-order valence-corrected chi connectivity index (χ2v) is 8.32. The maximum absolute atomic E-state index is 12.4. The molecule has 1 heterocycles. The average molecular weight is 383 g/mol. The predicted octanol–water partition coefficient (Wildman–Crippen LogP) is 1.75. The van der Waals surface area contributed by atoms with Crippen molar-refractivity contribution in [1.29, 1.82) is 0 Å². The van der Waals surface area contributed by atoms with Crippen molar-refractivity contribution in [2.45, 2.75) is 29.7 Å². The van der Waals surface area contributed by atoms with Gasteiger partial charge in [0, 0.05) is 20.1 Å². The first-order valence-electron chi connectivity index (χ1n) is 7.95. The summed E-state index contributed by atoms with van der Waals surface area (Å²) in [5, 5.41) is 8.52. The number of benzene rings is 1. The van der Waals surface area contributed by atoms with E-state index >= 15 is 0 Å². The zero-order valence-corrected chi connectivity index (χ0v) is 16.2. The number of amides is 1. The molecule has 0 radical (unpaired) electrons. The zero-order valence-electron chi connectivity index (χ0n) is 14.5. The molecule has 1 amide bonds. The molecule has 0 bridgehead atoms. The van der Waals surface area contributed by atoms with Crippen LogP contribution in [0.2, 0.25) is 0 Å². The molecule has 1 aromatic carbocycles. The Morgan fingerprint density at radius 2 is 1.80 bits per heavy atom. The van der Waals surface area contributed by atoms with Crippen LogP contribution in [0.5, 0.6) is 0 Å². The Balaban J connectivity index is 2.07. The Kier molecular flexibility index (Phi) is 6.60. The Morgan fingerprint density at radius 1 is 1.16 bits per heavy atom. The third-order valence-corrected chi connectivity index (χ3v) is 6.42. The smallest absolute Gasteiger partial charge is 0.233 e. The summed E-state index contributed by atoms with van der Waals surface area (Å²) < 4.78 is 26.5. The molecule has 1 aromatic heterocycles. The van der Waals surface area contributed by atoms with E-state index in [1.54, 1.807) is 46.8 Å². The Bertz CT molecular complexity index is 815. The molecule has 0 unspecified atom stereocenters. The van der Waals surface area contributed by atoms with E-state index in [0.29, 0.717) is 24.1 Å². The van der Waals surface area contributed by atoms with Crippen molar-refractivity contribution < 1.29 is 13.2 Å².